The lowest BCUT2D eigenvalue weighted by Crippen LogP contribution is -2.40. The topological polar surface area (TPSA) is 45.1 Å². The number of aromatic nitrogens is 1. The molecular weight excluding hydrogens is 196 g/mol. The summed E-state index contributed by atoms with van der Waals surface area (Å²) in [7, 11) is 0. The van der Waals surface area contributed by atoms with Crippen molar-refractivity contribution in [1.29, 1.82) is 0 Å². The molecule has 2 rings (SSSR count). The monoisotopic (exact) mass is 212 g/mol. The van der Waals surface area contributed by atoms with Crippen molar-refractivity contribution in [2.24, 2.45) is 0 Å². The van der Waals surface area contributed by atoms with E-state index in [0.29, 0.717) is 19.0 Å². The van der Waals surface area contributed by atoms with Gasteiger partial charge < -0.3 is 10.4 Å². The van der Waals surface area contributed by atoms with Crippen LogP contribution in [0, 0.1) is 0 Å². The maximum atomic E-state index is 10.1. The second-order valence-electron chi connectivity index (χ2n) is 4.25. The van der Waals surface area contributed by atoms with Crippen molar-refractivity contribution in [2.45, 2.75) is 37.8 Å². The van der Waals surface area contributed by atoms with Gasteiger partial charge in [0.2, 0.25) is 0 Å². The number of hydrogen-bond donors (Lipinski definition) is 2. The van der Waals surface area contributed by atoms with Gasteiger partial charge in [-0.3, -0.25) is 0 Å². The molecule has 4 heteroatoms. The molecule has 1 saturated carbocycles. The van der Waals surface area contributed by atoms with E-state index in [1.807, 2.05) is 12.3 Å². The Morgan fingerprint density at radius 2 is 2.50 bits per heavy atom. The highest BCUT2D eigenvalue weighted by Crippen LogP contribution is 2.20. The van der Waals surface area contributed by atoms with Crippen LogP contribution in [0.5, 0.6) is 0 Å². The summed E-state index contributed by atoms with van der Waals surface area (Å²) >= 11 is 1.60. The third-order valence-electron chi connectivity index (χ3n) is 2.36. The Kier molecular flexibility index (Phi) is 2.85. The van der Waals surface area contributed by atoms with Crippen molar-refractivity contribution in [3.05, 3.63) is 16.6 Å². The first-order chi connectivity index (χ1) is 6.66. The average molecular weight is 212 g/mol. The molecule has 1 aromatic rings. The average Bonchev–Trinajstić information content (AvgIpc) is 2.82. The van der Waals surface area contributed by atoms with Crippen molar-refractivity contribution in [3.63, 3.8) is 0 Å². The Hall–Kier alpha value is -0.450. The lowest BCUT2D eigenvalue weighted by molar-refractivity contribution is 0.0597. The minimum Gasteiger partial charge on any atom is -0.388 e. The highest BCUT2D eigenvalue weighted by atomic mass is 32.1. The molecule has 0 bridgehead atoms. The summed E-state index contributed by atoms with van der Waals surface area (Å²) in [6.07, 6.45) is 4.94. The van der Waals surface area contributed by atoms with E-state index in [1.54, 1.807) is 17.5 Å². The number of nitrogens with zero attached hydrogens (tertiary/aromatic N) is 1. The Bertz CT molecular complexity index is 280. The van der Waals surface area contributed by atoms with Crippen LogP contribution in [-0.2, 0) is 6.42 Å². The fourth-order valence-corrected chi connectivity index (χ4v) is 2.18. The van der Waals surface area contributed by atoms with Crippen LogP contribution in [-0.4, -0.2) is 28.3 Å². The molecule has 14 heavy (non-hydrogen) atoms. The van der Waals surface area contributed by atoms with E-state index in [-0.39, 0.29) is 0 Å². The SMILES string of the molecule is CC(O)(CNC1CC1)Cc1nccs1. The summed E-state index contributed by atoms with van der Waals surface area (Å²) in [6, 6.07) is 0.651. The molecule has 78 valence electrons. The molecule has 1 aromatic heterocycles. The van der Waals surface area contributed by atoms with E-state index in [9.17, 15) is 5.11 Å². The van der Waals surface area contributed by atoms with Crippen LogP contribution in [0.15, 0.2) is 11.6 Å². The molecule has 1 heterocycles. The van der Waals surface area contributed by atoms with E-state index in [1.165, 1.54) is 12.8 Å². The van der Waals surface area contributed by atoms with Gasteiger partial charge in [-0.2, -0.15) is 0 Å². The third kappa shape index (κ3) is 3.04. The Morgan fingerprint density at radius 1 is 1.71 bits per heavy atom. The van der Waals surface area contributed by atoms with Crippen LogP contribution in [0.1, 0.15) is 24.8 Å². The molecule has 0 aromatic carbocycles. The van der Waals surface area contributed by atoms with Gasteiger partial charge in [0.1, 0.15) is 0 Å². The molecule has 1 unspecified atom stereocenters. The predicted octanol–water partition coefficient (Wildman–Crippen LogP) is 1.19. The first-order valence-corrected chi connectivity index (χ1v) is 5.88. The van der Waals surface area contributed by atoms with E-state index in [2.05, 4.69) is 10.3 Å². The van der Waals surface area contributed by atoms with Gasteiger partial charge >= 0.3 is 0 Å². The van der Waals surface area contributed by atoms with Crippen molar-refractivity contribution < 1.29 is 5.11 Å². The smallest absolute Gasteiger partial charge is 0.0953 e. The first-order valence-electron chi connectivity index (χ1n) is 5.00. The summed E-state index contributed by atoms with van der Waals surface area (Å²) in [4.78, 5) is 4.17. The standard InChI is InChI=1S/C10H16N2OS/c1-10(13,7-12-8-2-3-8)6-9-11-4-5-14-9/h4-5,8,12-13H,2-3,6-7H2,1H3. The van der Waals surface area contributed by atoms with E-state index >= 15 is 0 Å². The second-order valence-corrected chi connectivity index (χ2v) is 5.23. The van der Waals surface area contributed by atoms with Crippen LogP contribution >= 0.6 is 11.3 Å². The molecule has 1 aliphatic rings. The molecule has 1 atom stereocenters. The molecule has 0 radical (unpaired) electrons. The minimum absolute atomic E-state index is 0.643. The van der Waals surface area contributed by atoms with Gasteiger partial charge in [0, 0.05) is 30.6 Å². The normalized spacial score (nSPS) is 20.7. The van der Waals surface area contributed by atoms with Crippen LogP contribution in [0.4, 0.5) is 0 Å². The van der Waals surface area contributed by atoms with Gasteiger partial charge in [-0.1, -0.05) is 0 Å². The van der Waals surface area contributed by atoms with Crippen molar-refractivity contribution in [3.8, 4) is 0 Å². The van der Waals surface area contributed by atoms with Crippen LogP contribution < -0.4 is 5.32 Å². The fraction of sp³-hybridized carbons (Fsp3) is 0.700. The molecule has 0 aliphatic heterocycles. The summed E-state index contributed by atoms with van der Waals surface area (Å²) in [5.74, 6) is 0. The third-order valence-corrected chi connectivity index (χ3v) is 3.14. The zero-order valence-electron chi connectivity index (χ0n) is 8.36. The summed E-state index contributed by atoms with van der Waals surface area (Å²) in [5, 5.41) is 16.4. The van der Waals surface area contributed by atoms with Crippen LogP contribution in [0.25, 0.3) is 0 Å². The van der Waals surface area contributed by atoms with Crippen molar-refractivity contribution in [2.75, 3.05) is 6.54 Å². The highest BCUT2D eigenvalue weighted by molar-refractivity contribution is 7.09. The zero-order valence-corrected chi connectivity index (χ0v) is 9.18. The number of aliphatic hydroxyl groups is 1. The number of thiazole rings is 1. The van der Waals surface area contributed by atoms with Gasteiger partial charge in [-0.05, 0) is 19.8 Å². The zero-order chi connectivity index (χ0) is 10.0. The van der Waals surface area contributed by atoms with E-state index in [0.717, 1.165) is 5.01 Å². The highest BCUT2D eigenvalue weighted by Gasteiger charge is 2.27. The number of nitrogens with one attached hydrogen (secondary N) is 1. The number of hydrogen-bond acceptors (Lipinski definition) is 4. The lowest BCUT2D eigenvalue weighted by atomic mass is 10.0. The summed E-state index contributed by atoms with van der Waals surface area (Å²) in [6.45, 7) is 2.53. The maximum absolute atomic E-state index is 10.1. The molecule has 3 nitrogen and oxygen atoms in total. The van der Waals surface area contributed by atoms with E-state index in [4.69, 9.17) is 0 Å². The van der Waals surface area contributed by atoms with E-state index < -0.39 is 5.60 Å². The van der Waals surface area contributed by atoms with Crippen molar-refractivity contribution in [1.82, 2.24) is 10.3 Å². The second kappa shape index (κ2) is 3.96. The van der Waals surface area contributed by atoms with Crippen LogP contribution in [0.2, 0.25) is 0 Å². The molecule has 0 amide bonds. The van der Waals surface area contributed by atoms with Gasteiger partial charge in [0.05, 0.1) is 10.6 Å². The Balaban J connectivity index is 1.81. The van der Waals surface area contributed by atoms with Gasteiger partial charge in [0.25, 0.3) is 0 Å². The Morgan fingerprint density at radius 3 is 3.07 bits per heavy atom. The molecule has 0 spiro atoms. The molecular formula is C10H16N2OS. The van der Waals surface area contributed by atoms with Gasteiger partial charge in [-0.25, -0.2) is 4.98 Å². The van der Waals surface area contributed by atoms with Crippen molar-refractivity contribution >= 4 is 11.3 Å². The molecule has 1 aliphatic carbocycles. The first kappa shape index (κ1) is 10.1. The fourth-order valence-electron chi connectivity index (χ4n) is 1.38. The molecule has 0 saturated heterocycles. The summed E-state index contributed by atoms with van der Waals surface area (Å²) < 4.78 is 0. The summed E-state index contributed by atoms with van der Waals surface area (Å²) in [5.41, 5.74) is -0.666. The predicted molar refractivity (Wildman–Crippen MR) is 57.5 cm³/mol. The molecule has 1 fully saturated rings. The van der Waals surface area contributed by atoms with Crippen LogP contribution in [0.3, 0.4) is 0 Å². The number of rotatable bonds is 5. The maximum Gasteiger partial charge on any atom is 0.0953 e. The quantitative estimate of drug-likeness (QED) is 0.770. The van der Waals surface area contributed by atoms with Gasteiger partial charge in [-0.15, -0.1) is 11.3 Å². The molecule has 2 N–H and O–H groups in total. The van der Waals surface area contributed by atoms with Gasteiger partial charge in [0.15, 0.2) is 0 Å². The minimum atomic E-state index is -0.666. The lowest BCUT2D eigenvalue weighted by Gasteiger charge is -2.22. The largest absolute Gasteiger partial charge is 0.388 e. The Labute approximate surface area is 88.2 Å².